The number of piperidine rings is 1. The Morgan fingerprint density at radius 3 is 2.34 bits per heavy atom. The number of hydrogen-bond acceptors (Lipinski definition) is 6. The van der Waals surface area contributed by atoms with E-state index in [1.807, 2.05) is 12.1 Å². The van der Waals surface area contributed by atoms with E-state index in [0.717, 1.165) is 25.1 Å². The van der Waals surface area contributed by atoms with E-state index < -0.39 is 0 Å². The summed E-state index contributed by atoms with van der Waals surface area (Å²) >= 11 is 0. The highest BCUT2D eigenvalue weighted by Crippen LogP contribution is 2.38. The molecule has 2 aliphatic rings. The molecule has 0 radical (unpaired) electrons. The van der Waals surface area contributed by atoms with E-state index in [9.17, 15) is 9.59 Å². The zero-order valence-electron chi connectivity index (χ0n) is 19.0. The number of aromatic nitrogens is 1. The Kier molecular flexibility index (Phi) is 6.17. The first kappa shape index (κ1) is 21.9. The van der Waals surface area contributed by atoms with E-state index in [1.54, 1.807) is 44.8 Å². The van der Waals surface area contributed by atoms with Gasteiger partial charge in [-0.25, -0.2) is 0 Å². The molecular formula is C25H29N3O4. The summed E-state index contributed by atoms with van der Waals surface area (Å²) in [5, 5.41) is 0. The number of carbonyl (C=O) groups excluding carboxylic acids is 2. The lowest BCUT2D eigenvalue weighted by atomic mass is 9.91. The van der Waals surface area contributed by atoms with E-state index >= 15 is 0 Å². The predicted octanol–water partition coefficient (Wildman–Crippen LogP) is 3.36. The molecule has 0 N–H and O–H groups in total. The lowest BCUT2D eigenvalue weighted by Gasteiger charge is -2.37. The van der Waals surface area contributed by atoms with Crippen molar-refractivity contribution < 1.29 is 19.1 Å². The molecule has 2 amide bonds. The number of imide groups is 1. The molecule has 1 saturated heterocycles. The van der Waals surface area contributed by atoms with Crippen molar-refractivity contribution in [1.29, 1.82) is 0 Å². The van der Waals surface area contributed by atoms with Crippen molar-refractivity contribution in [2.24, 2.45) is 11.8 Å². The van der Waals surface area contributed by atoms with Gasteiger partial charge < -0.3 is 14.4 Å². The molecule has 0 spiro atoms. The van der Waals surface area contributed by atoms with E-state index in [-0.39, 0.29) is 18.4 Å². The third-order valence-electron chi connectivity index (χ3n) is 6.06. The maximum absolute atomic E-state index is 13.6. The fourth-order valence-electron chi connectivity index (χ4n) is 4.77. The largest absolute Gasteiger partial charge is 0.493 e. The van der Waals surface area contributed by atoms with Crippen LogP contribution in [0.1, 0.15) is 31.4 Å². The van der Waals surface area contributed by atoms with Crippen LogP contribution in [0.4, 0.5) is 0 Å². The maximum atomic E-state index is 13.6. The SMILES string of the molecule is COc1ccc(C2=C(N3CC(C)CC(C)C3)C(=O)N(Cc3cccnc3)C2=O)cc1OC. The average molecular weight is 436 g/mol. The van der Waals surface area contributed by atoms with Gasteiger partial charge in [0.05, 0.1) is 26.3 Å². The highest BCUT2D eigenvalue weighted by molar-refractivity contribution is 6.35. The minimum absolute atomic E-state index is 0.185. The van der Waals surface area contributed by atoms with Gasteiger partial charge in [0.2, 0.25) is 0 Å². The molecule has 2 atom stereocenters. The number of ether oxygens (including phenoxy) is 2. The molecule has 1 aromatic heterocycles. The number of hydrogen-bond donors (Lipinski definition) is 0. The molecule has 7 heteroatoms. The third kappa shape index (κ3) is 4.07. The summed E-state index contributed by atoms with van der Waals surface area (Å²) in [5.74, 6) is 1.41. The molecular weight excluding hydrogens is 406 g/mol. The van der Waals surface area contributed by atoms with Crippen molar-refractivity contribution in [2.45, 2.75) is 26.8 Å². The van der Waals surface area contributed by atoms with Crippen molar-refractivity contribution in [3.8, 4) is 11.5 Å². The Morgan fingerprint density at radius 2 is 1.72 bits per heavy atom. The number of pyridine rings is 1. The van der Waals surface area contributed by atoms with Crippen LogP contribution in [-0.4, -0.2) is 53.9 Å². The van der Waals surface area contributed by atoms with Crippen molar-refractivity contribution in [3.63, 3.8) is 0 Å². The first-order valence-corrected chi connectivity index (χ1v) is 10.9. The van der Waals surface area contributed by atoms with Crippen molar-refractivity contribution in [2.75, 3.05) is 27.3 Å². The Balaban J connectivity index is 1.79. The molecule has 2 aromatic rings. The van der Waals surface area contributed by atoms with Crippen LogP contribution < -0.4 is 9.47 Å². The second-order valence-corrected chi connectivity index (χ2v) is 8.70. The smallest absolute Gasteiger partial charge is 0.278 e. The lowest BCUT2D eigenvalue weighted by molar-refractivity contribution is -0.138. The van der Waals surface area contributed by atoms with E-state index in [1.165, 1.54) is 4.90 Å². The minimum atomic E-state index is -0.299. The molecule has 4 rings (SSSR count). The number of nitrogens with zero attached hydrogens (tertiary/aromatic N) is 3. The molecule has 0 bridgehead atoms. The van der Waals surface area contributed by atoms with Crippen LogP contribution >= 0.6 is 0 Å². The fraction of sp³-hybridized carbons (Fsp3) is 0.400. The van der Waals surface area contributed by atoms with Crippen LogP contribution in [0, 0.1) is 11.8 Å². The molecule has 168 valence electrons. The van der Waals surface area contributed by atoms with Gasteiger partial charge in [0.25, 0.3) is 11.8 Å². The minimum Gasteiger partial charge on any atom is -0.493 e. The van der Waals surface area contributed by atoms with Crippen LogP contribution in [0.5, 0.6) is 11.5 Å². The van der Waals surface area contributed by atoms with Gasteiger partial charge in [-0.2, -0.15) is 0 Å². The first-order chi connectivity index (χ1) is 15.4. The van der Waals surface area contributed by atoms with Gasteiger partial charge >= 0.3 is 0 Å². The summed E-state index contributed by atoms with van der Waals surface area (Å²) in [7, 11) is 3.12. The van der Waals surface area contributed by atoms with Crippen molar-refractivity contribution in [1.82, 2.24) is 14.8 Å². The molecule has 32 heavy (non-hydrogen) atoms. The van der Waals surface area contributed by atoms with Crippen LogP contribution in [-0.2, 0) is 16.1 Å². The summed E-state index contributed by atoms with van der Waals surface area (Å²) in [5.41, 5.74) is 2.35. The number of carbonyl (C=O) groups is 2. The fourth-order valence-corrected chi connectivity index (χ4v) is 4.77. The molecule has 2 unspecified atom stereocenters. The normalized spacial score (nSPS) is 21.4. The van der Waals surface area contributed by atoms with Gasteiger partial charge in [-0.05, 0) is 47.6 Å². The van der Waals surface area contributed by atoms with Gasteiger partial charge in [-0.15, -0.1) is 0 Å². The van der Waals surface area contributed by atoms with Gasteiger partial charge in [0, 0.05) is 25.5 Å². The number of rotatable bonds is 6. The second kappa shape index (κ2) is 9.02. The zero-order chi connectivity index (χ0) is 22.8. The monoisotopic (exact) mass is 435 g/mol. The van der Waals surface area contributed by atoms with E-state index in [2.05, 4.69) is 23.7 Å². The molecule has 7 nitrogen and oxygen atoms in total. The third-order valence-corrected chi connectivity index (χ3v) is 6.06. The average Bonchev–Trinajstić information content (AvgIpc) is 3.03. The summed E-state index contributed by atoms with van der Waals surface area (Å²) in [6, 6.07) is 9.02. The topological polar surface area (TPSA) is 72.0 Å². The summed E-state index contributed by atoms with van der Waals surface area (Å²) in [6.07, 6.45) is 4.46. The van der Waals surface area contributed by atoms with Crippen molar-refractivity contribution in [3.05, 3.63) is 59.5 Å². The highest BCUT2D eigenvalue weighted by Gasteiger charge is 2.43. The van der Waals surface area contributed by atoms with Gasteiger partial charge in [-0.1, -0.05) is 26.0 Å². The van der Waals surface area contributed by atoms with Crippen LogP contribution in [0.3, 0.4) is 0 Å². The Hall–Kier alpha value is -3.35. The summed E-state index contributed by atoms with van der Waals surface area (Å²) < 4.78 is 10.8. The number of methoxy groups -OCH3 is 2. The van der Waals surface area contributed by atoms with Crippen molar-refractivity contribution >= 4 is 17.4 Å². The standard InChI is InChI=1S/C25H29N3O4/c1-16-10-17(2)14-27(13-16)23-22(19-7-8-20(31-3)21(11-19)32-4)24(29)28(25(23)30)15-18-6-5-9-26-12-18/h5-9,11-12,16-17H,10,13-15H2,1-4H3. The van der Waals surface area contributed by atoms with E-state index in [0.29, 0.717) is 40.2 Å². The molecule has 0 saturated carbocycles. The predicted molar refractivity (Wildman–Crippen MR) is 121 cm³/mol. The Morgan fingerprint density at radius 1 is 1.00 bits per heavy atom. The number of benzene rings is 1. The zero-order valence-corrected chi connectivity index (χ0v) is 19.0. The Bertz CT molecular complexity index is 1040. The molecule has 1 fully saturated rings. The summed E-state index contributed by atoms with van der Waals surface area (Å²) in [6.45, 7) is 6.05. The van der Waals surface area contributed by atoms with Gasteiger partial charge in [0.15, 0.2) is 11.5 Å². The highest BCUT2D eigenvalue weighted by atomic mass is 16.5. The Labute approximate surface area is 188 Å². The van der Waals surface area contributed by atoms with Crippen LogP contribution in [0.25, 0.3) is 5.57 Å². The first-order valence-electron chi connectivity index (χ1n) is 10.9. The molecule has 2 aliphatic heterocycles. The summed E-state index contributed by atoms with van der Waals surface area (Å²) in [4.78, 5) is 34.8. The quantitative estimate of drug-likeness (QED) is 0.648. The lowest BCUT2D eigenvalue weighted by Crippen LogP contribution is -2.41. The molecule has 3 heterocycles. The van der Waals surface area contributed by atoms with Gasteiger partial charge in [-0.3, -0.25) is 19.5 Å². The second-order valence-electron chi connectivity index (χ2n) is 8.70. The van der Waals surface area contributed by atoms with Crippen LogP contribution in [0.15, 0.2) is 48.4 Å². The van der Waals surface area contributed by atoms with E-state index in [4.69, 9.17) is 9.47 Å². The number of amides is 2. The molecule has 0 aliphatic carbocycles. The number of likely N-dealkylation sites (tertiary alicyclic amines) is 1. The van der Waals surface area contributed by atoms with Gasteiger partial charge in [0.1, 0.15) is 5.70 Å². The molecule has 1 aromatic carbocycles. The van der Waals surface area contributed by atoms with Crippen LogP contribution in [0.2, 0.25) is 0 Å². The maximum Gasteiger partial charge on any atom is 0.278 e.